The Morgan fingerprint density at radius 2 is 1.88 bits per heavy atom. The molecule has 130 valence electrons. The van der Waals surface area contributed by atoms with Gasteiger partial charge < -0.3 is 20.5 Å². The van der Waals surface area contributed by atoms with Crippen LogP contribution in [0.5, 0.6) is 5.75 Å². The molecule has 1 saturated carbocycles. The first-order valence-corrected chi connectivity index (χ1v) is 8.74. The zero-order valence-corrected chi connectivity index (χ0v) is 13.9. The Kier molecular flexibility index (Phi) is 4.32. The van der Waals surface area contributed by atoms with Gasteiger partial charge in [0.05, 0.1) is 30.3 Å². The van der Waals surface area contributed by atoms with Gasteiger partial charge in [-0.1, -0.05) is 42.5 Å². The third kappa shape index (κ3) is 3.33. The van der Waals surface area contributed by atoms with Crippen molar-refractivity contribution in [2.24, 2.45) is 0 Å². The minimum absolute atomic E-state index is 0.0640. The van der Waals surface area contributed by atoms with Crippen LogP contribution in [0.2, 0.25) is 0 Å². The molecule has 3 N–H and O–H groups in total. The number of aliphatic hydroxyl groups excluding tert-OH is 1. The largest absolute Gasteiger partial charge is 0.486 e. The van der Waals surface area contributed by atoms with Crippen molar-refractivity contribution in [2.75, 3.05) is 5.32 Å². The van der Waals surface area contributed by atoms with Crippen LogP contribution in [-0.2, 0) is 11.2 Å². The molecule has 1 aliphatic heterocycles. The Morgan fingerprint density at radius 1 is 1.12 bits per heavy atom. The van der Waals surface area contributed by atoms with Crippen LogP contribution >= 0.6 is 0 Å². The SMILES string of the molecule is O=C(Cc1ccccc1)N[C@@H]1CC[C@H]2Oc3ccccc3N[C@H]2[C@@H]1O. The summed E-state index contributed by atoms with van der Waals surface area (Å²) in [6.07, 6.45) is 1.05. The summed E-state index contributed by atoms with van der Waals surface area (Å²) in [7, 11) is 0. The van der Waals surface area contributed by atoms with E-state index >= 15 is 0 Å². The van der Waals surface area contributed by atoms with Crippen molar-refractivity contribution >= 4 is 11.6 Å². The fraction of sp³-hybridized carbons (Fsp3) is 0.350. The standard InChI is InChI=1S/C20H22N2O3/c23-18(12-13-6-2-1-3-7-13)21-15-10-11-17-19(20(15)24)22-14-8-4-5-9-16(14)25-17/h1-9,15,17,19-20,22,24H,10-12H2,(H,21,23)/t15-,17-,19-,20-/m1/s1. The van der Waals surface area contributed by atoms with Crippen molar-refractivity contribution in [3.63, 3.8) is 0 Å². The average molecular weight is 338 g/mol. The third-order valence-electron chi connectivity index (χ3n) is 4.98. The molecule has 0 spiro atoms. The number of hydrogen-bond acceptors (Lipinski definition) is 4. The number of amides is 1. The van der Waals surface area contributed by atoms with E-state index in [0.717, 1.165) is 23.4 Å². The van der Waals surface area contributed by atoms with Crippen LogP contribution in [0.1, 0.15) is 18.4 Å². The molecular formula is C20H22N2O3. The Labute approximate surface area is 147 Å². The Bertz CT molecular complexity index is 750. The molecule has 5 heteroatoms. The third-order valence-corrected chi connectivity index (χ3v) is 4.98. The fourth-order valence-corrected chi connectivity index (χ4v) is 3.70. The van der Waals surface area contributed by atoms with Gasteiger partial charge in [0.1, 0.15) is 11.9 Å². The number of rotatable bonds is 3. The lowest BCUT2D eigenvalue weighted by molar-refractivity contribution is -0.123. The zero-order valence-electron chi connectivity index (χ0n) is 13.9. The van der Waals surface area contributed by atoms with Crippen LogP contribution in [0.3, 0.4) is 0 Å². The van der Waals surface area contributed by atoms with Gasteiger partial charge in [-0.15, -0.1) is 0 Å². The number of para-hydroxylation sites is 2. The molecule has 4 rings (SSSR count). The van der Waals surface area contributed by atoms with Gasteiger partial charge in [-0.2, -0.15) is 0 Å². The molecular weight excluding hydrogens is 316 g/mol. The van der Waals surface area contributed by atoms with Crippen molar-refractivity contribution in [3.05, 3.63) is 60.2 Å². The highest BCUT2D eigenvalue weighted by Crippen LogP contribution is 2.36. The summed E-state index contributed by atoms with van der Waals surface area (Å²) >= 11 is 0. The van der Waals surface area contributed by atoms with Crippen LogP contribution in [0.25, 0.3) is 0 Å². The first kappa shape index (κ1) is 16.0. The Hall–Kier alpha value is -2.53. The Morgan fingerprint density at radius 3 is 2.72 bits per heavy atom. The van der Waals surface area contributed by atoms with Gasteiger partial charge in [0.2, 0.25) is 5.91 Å². The predicted octanol–water partition coefficient (Wildman–Crippen LogP) is 2.11. The lowest BCUT2D eigenvalue weighted by Crippen LogP contribution is -2.61. The van der Waals surface area contributed by atoms with Crippen LogP contribution in [0.15, 0.2) is 54.6 Å². The maximum Gasteiger partial charge on any atom is 0.224 e. The van der Waals surface area contributed by atoms with Crippen LogP contribution in [0.4, 0.5) is 5.69 Å². The summed E-state index contributed by atoms with van der Waals surface area (Å²) in [6.45, 7) is 0. The molecule has 1 amide bonds. The molecule has 1 aliphatic carbocycles. The summed E-state index contributed by atoms with van der Waals surface area (Å²) in [5, 5.41) is 17.1. The smallest absolute Gasteiger partial charge is 0.224 e. The molecule has 4 atom stereocenters. The fourth-order valence-electron chi connectivity index (χ4n) is 3.70. The number of carbonyl (C=O) groups excluding carboxylic acids is 1. The molecule has 25 heavy (non-hydrogen) atoms. The maximum atomic E-state index is 12.3. The number of benzene rings is 2. The van der Waals surface area contributed by atoms with E-state index < -0.39 is 6.10 Å². The molecule has 2 aromatic rings. The molecule has 2 aliphatic rings. The molecule has 0 unspecified atom stereocenters. The number of nitrogens with one attached hydrogen (secondary N) is 2. The van der Waals surface area contributed by atoms with Crippen molar-refractivity contribution in [1.29, 1.82) is 0 Å². The number of ether oxygens (including phenoxy) is 1. The quantitative estimate of drug-likeness (QED) is 0.802. The van der Waals surface area contributed by atoms with E-state index in [-0.39, 0.29) is 24.1 Å². The second-order valence-corrected chi connectivity index (χ2v) is 6.73. The van der Waals surface area contributed by atoms with Crippen LogP contribution in [0, 0.1) is 0 Å². The lowest BCUT2D eigenvalue weighted by Gasteiger charge is -2.44. The lowest BCUT2D eigenvalue weighted by atomic mass is 9.84. The van der Waals surface area contributed by atoms with Crippen molar-refractivity contribution in [3.8, 4) is 5.75 Å². The first-order valence-electron chi connectivity index (χ1n) is 8.74. The van der Waals surface area contributed by atoms with E-state index in [2.05, 4.69) is 10.6 Å². The molecule has 1 heterocycles. The summed E-state index contributed by atoms with van der Waals surface area (Å²) in [4.78, 5) is 12.3. The van der Waals surface area contributed by atoms with Gasteiger partial charge in [-0.25, -0.2) is 0 Å². The van der Waals surface area contributed by atoms with Crippen LogP contribution < -0.4 is 15.4 Å². The summed E-state index contributed by atoms with van der Waals surface area (Å²) in [5.41, 5.74) is 1.86. The predicted molar refractivity (Wildman–Crippen MR) is 95.6 cm³/mol. The van der Waals surface area contributed by atoms with E-state index in [1.54, 1.807) is 0 Å². The second-order valence-electron chi connectivity index (χ2n) is 6.73. The minimum atomic E-state index is -0.688. The monoisotopic (exact) mass is 338 g/mol. The maximum absolute atomic E-state index is 12.3. The second kappa shape index (κ2) is 6.76. The van der Waals surface area contributed by atoms with Gasteiger partial charge in [0.15, 0.2) is 0 Å². The molecule has 0 saturated heterocycles. The molecule has 0 radical (unpaired) electrons. The number of hydrogen-bond donors (Lipinski definition) is 3. The Balaban J connectivity index is 1.41. The summed E-state index contributed by atoms with van der Waals surface area (Å²) in [6, 6.07) is 16.9. The van der Waals surface area contributed by atoms with E-state index in [1.165, 1.54) is 0 Å². The first-order chi connectivity index (χ1) is 12.2. The van der Waals surface area contributed by atoms with E-state index in [0.29, 0.717) is 12.8 Å². The molecule has 0 bridgehead atoms. The number of aliphatic hydroxyl groups is 1. The van der Waals surface area contributed by atoms with E-state index in [9.17, 15) is 9.90 Å². The number of carbonyl (C=O) groups is 1. The average Bonchev–Trinajstić information content (AvgIpc) is 2.64. The number of fused-ring (bicyclic) bond motifs is 2. The zero-order chi connectivity index (χ0) is 17.2. The van der Waals surface area contributed by atoms with Crippen molar-refractivity contribution < 1.29 is 14.6 Å². The van der Waals surface area contributed by atoms with Gasteiger partial charge in [0, 0.05) is 0 Å². The van der Waals surface area contributed by atoms with E-state index in [1.807, 2.05) is 54.6 Å². The summed E-state index contributed by atoms with van der Waals surface area (Å²) < 4.78 is 6.02. The number of anilines is 1. The van der Waals surface area contributed by atoms with Gasteiger partial charge in [-0.3, -0.25) is 4.79 Å². The minimum Gasteiger partial charge on any atom is -0.486 e. The van der Waals surface area contributed by atoms with Gasteiger partial charge in [-0.05, 0) is 30.5 Å². The molecule has 0 aromatic heterocycles. The molecule has 2 aromatic carbocycles. The topological polar surface area (TPSA) is 70.6 Å². The van der Waals surface area contributed by atoms with E-state index in [4.69, 9.17) is 4.74 Å². The normalized spacial score (nSPS) is 27.2. The molecule has 5 nitrogen and oxygen atoms in total. The van der Waals surface area contributed by atoms with Gasteiger partial charge >= 0.3 is 0 Å². The summed E-state index contributed by atoms with van der Waals surface area (Å²) in [5.74, 6) is 0.758. The van der Waals surface area contributed by atoms with Gasteiger partial charge in [0.25, 0.3) is 0 Å². The highest BCUT2D eigenvalue weighted by Gasteiger charge is 2.42. The van der Waals surface area contributed by atoms with Crippen LogP contribution in [-0.4, -0.2) is 35.3 Å². The van der Waals surface area contributed by atoms with Crippen molar-refractivity contribution in [1.82, 2.24) is 5.32 Å². The van der Waals surface area contributed by atoms with Crippen molar-refractivity contribution in [2.45, 2.75) is 43.6 Å². The highest BCUT2D eigenvalue weighted by molar-refractivity contribution is 5.79. The molecule has 1 fully saturated rings. The highest BCUT2D eigenvalue weighted by atomic mass is 16.5.